The molecular weight excluding hydrogens is 513 g/mol. The number of aryl methyl sites for hydroxylation is 2. The highest BCUT2D eigenvalue weighted by Gasteiger charge is 2.48. The third kappa shape index (κ3) is 5.26. The Morgan fingerprint density at radius 2 is 1.77 bits per heavy atom. The van der Waals surface area contributed by atoms with Gasteiger partial charge in [-0.05, 0) is 89.2 Å². The van der Waals surface area contributed by atoms with E-state index in [0.29, 0.717) is 47.4 Å². The van der Waals surface area contributed by atoms with Gasteiger partial charge in [0.15, 0.2) is 0 Å². The molecule has 0 radical (unpaired) electrons. The number of aromatic amines is 1. The van der Waals surface area contributed by atoms with Gasteiger partial charge in [0.05, 0.1) is 23.5 Å². The number of H-pyrrole nitrogens is 1. The molecule has 4 heterocycles. The molecule has 1 aliphatic heterocycles. The van der Waals surface area contributed by atoms with Crippen molar-refractivity contribution in [2.75, 3.05) is 18.5 Å². The lowest BCUT2D eigenvalue weighted by atomic mass is 9.88. The molecule has 2 aliphatic carbocycles. The summed E-state index contributed by atoms with van der Waals surface area (Å²) in [6.07, 6.45) is 7.48. The number of nitrogens with one attached hydrogen (secondary N) is 3. The molecule has 10 nitrogen and oxygen atoms in total. The fraction of sp³-hybridized carbons (Fsp3) is 0.552. The zero-order valence-electron chi connectivity index (χ0n) is 23.2. The molecule has 0 aromatic carbocycles. The van der Waals surface area contributed by atoms with E-state index in [1.165, 1.54) is 0 Å². The number of pyridine rings is 1. The van der Waals surface area contributed by atoms with Gasteiger partial charge in [-0.2, -0.15) is 14.6 Å². The molecule has 11 heteroatoms. The summed E-state index contributed by atoms with van der Waals surface area (Å²) >= 11 is 0. The van der Waals surface area contributed by atoms with Crippen LogP contribution in [0.1, 0.15) is 72.0 Å². The van der Waals surface area contributed by atoms with Gasteiger partial charge in [0.2, 0.25) is 11.9 Å². The van der Waals surface area contributed by atoms with Crippen molar-refractivity contribution in [3.8, 4) is 11.1 Å². The second-order valence-electron chi connectivity index (χ2n) is 11.5. The Morgan fingerprint density at radius 3 is 2.38 bits per heavy atom. The highest BCUT2D eigenvalue weighted by atomic mass is 19.1. The maximum Gasteiger partial charge on any atom is 0.255 e. The zero-order chi connectivity index (χ0) is 28.0. The Balaban J connectivity index is 1.23. The quantitative estimate of drug-likeness (QED) is 0.343. The monoisotopic (exact) mass is 549 g/mol. The summed E-state index contributed by atoms with van der Waals surface area (Å²) in [5.74, 6) is -0.441. The van der Waals surface area contributed by atoms with E-state index in [4.69, 9.17) is 4.74 Å². The van der Waals surface area contributed by atoms with Gasteiger partial charge in [-0.3, -0.25) is 19.4 Å². The Hall–Kier alpha value is -3.60. The summed E-state index contributed by atoms with van der Waals surface area (Å²) < 4.78 is 22.5. The molecule has 1 unspecified atom stereocenters. The lowest BCUT2D eigenvalue weighted by Gasteiger charge is -2.27. The van der Waals surface area contributed by atoms with Crippen LogP contribution in [0.5, 0.6) is 0 Å². The normalized spacial score (nSPS) is 18.6. The van der Waals surface area contributed by atoms with Crippen LogP contribution in [0.3, 0.4) is 0 Å². The Kier molecular flexibility index (Phi) is 7.16. The summed E-state index contributed by atoms with van der Waals surface area (Å²) in [6.45, 7) is 6.86. The van der Waals surface area contributed by atoms with Crippen LogP contribution in [0.25, 0.3) is 11.1 Å². The molecule has 6 rings (SSSR count). The van der Waals surface area contributed by atoms with Crippen LogP contribution in [-0.2, 0) is 9.53 Å². The number of rotatable bonds is 9. The SMILES string of the molecule is Cc1n[nH]c(C)c1-c1ccc(NC(=O)C(NC(=O)c2cnn(C3CCOCC3)c2C)C(C2CC2)C2CC2)nc1F. The molecule has 40 heavy (non-hydrogen) atoms. The van der Waals surface area contributed by atoms with Gasteiger partial charge in [-0.25, -0.2) is 4.98 Å². The molecule has 3 aliphatic rings. The molecule has 1 saturated heterocycles. The highest BCUT2D eigenvalue weighted by Crippen LogP contribution is 2.51. The first-order valence-corrected chi connectivity index (χ1v) is 14.2. The maximum atomic E-state index is 15.1. The minimum absolute atomic E-state index is 0.0372. The van der Waals surface area contributed by atoms with Gasteiger partial charge in [0.1, 0.15) is 11.9 Å². The molecule has 3 N–H and O–H groups in total. The first kappa shape index (κ1) is 26.6. The molecule has 2 saturated carbocycles. The van der Waals surface area contributed by atoms with E-state index in [9.17, 15) is 9.59 Å². The van der Waals surface area contributed by atoms with Crippen LogP contribution in [0.2, 0.25) is 0 Å². The number of anilines is 1. The van der Waals surface area contributed by atoms with Crippen LogP contribution in [0.4, 0.5) is 10.2 Å². The topological polar surface area (TPSA) is 127 Å². The molecule has 1 atom stereocenters. The number of carbonyl (C=O) groups excluding carboxylic acids is 2. The molecule has 0 bridgehead atoms. The minimum Gasteiger partial charge on any atom is -0.381 e. The molecule has 3 aromatic heterocycles. The summed E-state index contributed by atoms with van der Waals surface area (Å²) in [7, 11) is 0. The molecule has 3 fully saturated rings. The number of nitrogens with zero attached hydrogens (tertiary/aromatic N) is 4. The third-order valence-corrected chi connectivity index (χ3v) is 8.61. The van der Waals surface area contributed by atoms with Crippen molar-refractivity contribution >= 4 is 17.6 Å². The van der Waals surface area contributed by atoms with Crippen molar-refractivity contribution in [2.24, 2.45) is 17.8 Å². The van der Waals surface area contributed by atoms with E-state index in [1.807, 2.05) is 18.5 Å². The number of ether oxygens (including phenoxy) is 1. The van der Waals surface area contributed by atoms with Crippen LogP contribution >= 0.6 is 0 Å². The lowest BCUT2D eigenvalue weighted by Crippen LogP contribution is -2.50. The van der Waals surface area contributed by atoms with E-state index in [0.717, 1.165) is 49.9 Å². The fourth-order valence-electron chi connectivity index (χ4n) is 6.23. The van der Waals surface area contributed by atoms with E-state index in [2.05, 4.69) is 30.9 Å². The van der Waals surface area contributed by atoms with Gasteiger partial charge >= 0.3 is 0 Å². The molecular formula is C29H36FN7O3. The number of hydrogen-bond acceptors (Lipinski definition) is 6. The van der Waals surface area contributed by atoms with Crippen LogP contribution in [0.15, 0.2) is 18.3 Å². The predicted octanol–water partition coefficient (Wildman–Crippen LogP) is 4.26. The molecule has 212 valence electrons. The predicted molar refractivity (Wildman–Crippen MR) is 146 cm³/mol. The van der Waals surface area contributed by atoms with Crippen molar-refractivity contribution in [1.82, 2.24) is 30.3 Å². The Bertz CT molecular complexity index is 1390. The standard InChI is InChI=1S/C29H36FN7O3/c1-15-24(16(2)36-35-15)21-8-9-23(32-27(21)30)33-29(39)26(25(18-4-5-18)19-6-7-19)34-28(38)22-14-31-37(17(22)3)20-10-12-40-13-11-20/h8-9,14,18-20,25-26H,4-7,10-13H2,1-3H3,(H,34,38)(H,35,36)(H,32,33,39). The van der Waals surface area contributed by atoms with E-state index >= 15 is 4.39 Å². The average Bonchev–Trinajstić information content (AvgIpc) is 3.88. The summed E-state index contributed by atoms with van der Waals surface area (Å²) in [6, 6.07) is 2.63. The fourth-order valence-corrected chi connectivity index (χ4v) is 6.23. The van der Waals surface area contributed by atoms with Gasteiger partial charge in [0, 0.05) is 35.7 Å². The van der Waals surface area contributed by atoms with Gasteiger partial charge in [-0.1, -0.05) is 0 Å². The number of halogens is 1. The van der Waals surface area contributed by atoms with Crippen molar-refractivity contribution in [1.29, 1.82) is 0 Å². The first-order valence-electron chi connectivity index (χ1n) is 14.2. The summed E-state index contributed by atoms with van der Waals surface area (Å²) in [4.78, 5) is 31.3. The number of amides is 2. The van der Waals surface area contributed by atoms with E-state index < -0.39 is 12.0 Å². The van der Waals surface area contributed by atoms with Crippen molar-refractivity contribution in [3.63, 3.8) is 0 Å². The van der Waals surface area contributed by atoms with Gasteiger partial charge < -0.3 is 15.4 Å². The number of carbonyl (C=O) groups is 2. The molecule has 2 amide bonds. The van der Waals surface area contributed by atoms with Crippen molar-refractivity contribution < 1.29 is 18.7 Å². The smallest absolute Gasteiger partial charge is 0.255 e. The van der Waals surface area contributed by atoms with E-state index in [1.54, 1.807) is 25.3 Å². The third-order valence-electron chi connectivity index (χ3n) is 8.61. The minimum atomic E-state index is -0.749. The van der Waals surface area contributed by atoms with Gasteiger partial charge in [-0.15, -0.1) is 0 Å². The second-order valence-corrected chi connectivity index (χ2v) is 11.5. The largest absolute Gasteiger partial charge is 0.381 e. The maximum absolute atomic E-state index is 15.1. The second kappa shape index (κ2) is 10.8. The number of aromatic nitrogens is 5. The first-order chi connectivity index (χ1) is 19.3. The Morgan fingerprint density at radius 1 is 1.07 bits per heavy atom. The summed E-state index contributed by atoms with van der Waals surface area (Å²) in [5, 5.41) is 17.4. The lowest BCUT2D eigenvalue weighted by molar-refractivity contribution is -0.119. The summed E-state index contributed by atoms with van der Waals surface area (Å²) in [5.41, 5.74) is 3.63. The number of hydrogen-bond donors (Lipinski definition) is 3. The average molecular weight is 550 g/mol. The van der Waals surface area contributed by atoms with Gasteiger partial charge in [0.25, 0.3) is 5.91 Å². The molecule has 3 aromatic rings. The zero-order valence-corrected chi connectivity index (χ0v) is 23.2. The van der Waals surface area contributed by atoms with Crippen LogP contribution in [0, 0.1) is 44.5 Å². The highest BCUT2D eigenvalue weighted by molar-refractivity contribution is 6.01. The van der Waals surface area contributed by atoms with Crippen LogP contribution < -0.4 is 10.6 Å². The van der Waals surface area contributed by atoms with E-state index in [-0.39, 0.29) is 29.6 Å². The Labute approximate surface area is 232 Å². The van der Waals surface area contributed by atoms with Crippen molar-refractivity contribution in [3.05, 3.63) is 46.9 Å². The van der Waals surface area contributed by atoms with Crippen molar-refractivity contribution in [2.45, 2.75) is 71.4 Å². The molecule has 0 spiro atoms. The van der Waals surface area contributed by atoms with Crippen LogP contribution in [-0.4, -0.2) is 56.0 Å².